The molecule has 1 aliphatic heterocycles. The number of alkyl halides is 1. The summed E-state index contributed by atoms with van der Waals surface area (Å²) in [5.41, 5.74) is 3.25. The Labute approximate surface area is 183 Å². The molecule has 0 radical (unpaired) electrons. The molecular formula is C24H30ClN3O2. The standard InChI is InChI=1S/C24H30ClN3O2/c1-17-11-14-28(15-12-17)22-9-8-20(27-23(29)18(2)25)16-21(22)24(30)26-13-10-19-6-4-3-5-7-19/h3-9,16-18H,10-15H2,1-2H3,(H,26,30)(H,27,29)/t18-/m1/s1. The summed E-state index contributed by atoms with van der Waals surface area (Å²) in [5.74, 6) is 0.286. The number of nitrogens with zero attached hydrogens (tertiary/aromatic N) is 1. The van der Waals surface area contributed by atoms with Crippen molar-refractivity contribution in [1.82, 2.24) is 5.32 Å². The van der Waals surface area contributed by atoms with Gasteiger partial charge in [0.15, 0.2) is 0 Å². The first kappa shape index (κ1) is 22.2. The van der Waals surface area contributed by atoms with Gasteiger partial charge in [0.25, 0.3) is 5.91 Å². The molecule has 1 heterocycles. The van der Waals surface area contributed by atoms with Gasteiger partial charge in [-0.2, -0.15) is 0 Å². The van der Waals surface area contributed by atoms with Gasteiger partial charge in [-0.05, 0) is 55.9 Å². The first-order valence-electron chi connectivity index (χ1n) is 10.6. The third-order valence-corrected chi connectivity index (χ3v) is 5.73. The van der Waals surface area contributed by atoms with Crippen LogP contribution in [-0.4, -0.2) is 36.8 Å². The number of benzene rings is 2. The van der Waals surface area contributed by atoms with Crippen LogP contribution < -0.4 is 15.5 Å². The molecule has 2 aromatic carbocycles. The molecule has 2 amide bonds. The molecule has 0 bridgehead atoms. The van der Waals surface area contributed by atoms with Crippen LogP contribution in [0.15, 0.2) is 48.5 Å². The number of piperidine rings is 1. The summed E-state index contributed by atoms with van der Waals surface area (Å²) in [6.45, 7) is 6.29. The molecule has 0 aromatic heterocycles. The quantitative estimate of drug-likeness (QED) is 0.641. The molecule has 5 nitrogen and oxygen atoms in total. The number of carbonyl (C=O) groups excluding carboxylic acids is 2. The maximum atomic E-state index is 13.1. The van der Waals surface area contributed by atoms with Gasteiger partial charge in [0, 0.05) is 31.0 Å². The predicted molar refractivity (Wildman–Crippen MR) is 123 cm³/mol. The van der Waals surface area contributed by atoms with Gasteiger partial charge in [-0.3, -0.25) is 9.59 Å². The Morgan fingerprint density at radius 2 is 1.83 bits per heavy atom. The average molecular weight is 428 g/mol. The zero-order valence-corrected chi connectivity index (χ0v) is 18.4. The molecule has 0 saturated carbocycles. The van der Waals surface area contributed by atoms with Gasteiger partial charge < -0.3 is 15.5 Å². The van der Waals surface area contributed by atoms with Gasteiger partial charge in [0.2, 0.25) is 5.91 Å². The molecule has 1 saturated heterocycles. The lowest BCUT2D eigenvalue weighted by atomic mass is 9.97. The predicted octanol–water partition coefficient (Wildman–Crippen LogP) is 4.46. The van der Waals surface area contributed by atoms with E-state index >= 15 is 0 Å². The number of carbonyl (C=O) groups is 2. The Bertz CT molecular complexity index is 862. The van der Waals surface area contributed by atoms with Gasteiger partial charge >= 0.3 is 0 Å². The van der Waals surface area contributed by atoms with Crippen LogP contribution in [0.25, 0.3) is 0 Å². The molecule has 1 aliphatic rings. The van der Waals surface area contributed by atoms with Gasteiger partial charge in [0.05, 0.1) is 5.56 Å². The van der Waals surface area contributed by atoms with E-state index in [1.54, 1.807) is 13.0 Å². The summed E-state index contributed by atoms with van der Waals surface area (Å²) < 4.78 is 0. The number of nitrogens with one attached hydrogen (secondary N) is 2. The van der Waals surface area contributed by atoms with Crippen LogP contribution in [0.3, 0.4) is 0 Å². The summed E-state index contributed by atoms with van der Waals surface area (Å²) in [6, 6.07) is 15.6. The molecular weight excluding hydrogens is 398 g/mol. The lowest BCUT2D eigenvalue weighted by Gasteiger charge is -2.33. The largest absolute Gasteiger partial charge is 0.371 e. The van der Waals surface area contributed by atoms with Crippen molar-refractivity contribution < 1.29 is 9.59 Å². The molecule has 3 rings (SSSR count). The zero-order chi connectivity index (χ0) is 21.5. The number of amides is 2. The maximum absolute atomic E-state index is 13.1. The normalized spacial score (nSPS) is 15.5. The third-order valence-electron chi connectivity index (χ3n) is 5.54. The highest BCUT2D eigenvalue weighted by molar-refractivity contribution is 6.32. The molecule has 0 spiro atoms. The van der Waals surface area contributed by atoms with E-state index in [2.05, 4.69) is 34.6 Å². The van der Waals surface area contributed by atoms with E-state index in [4.69, 9.17) is 11.6 Å². The van der Waals surface area contributed by atoms with Crippen LogP contribution in [-0.2, 0) is 11.2 Å². The summed E-state index contributed by atoms with van der Waals surface area (Å²) in [6.07, 6.45) is 2.98. The van der Waals surface area contributed by atoms with Crippen LogP contribution in [0.5, 0.6) is 0 Å². The van der Waals surface area contributed by atoms with Gasteiger partial charge in [-0.25, -0.2) is 0 Å². The molecule has 0 unspecified atom stereocenters. The number of halogens is 1. The Kier molecular flexibility index (Phi) is 7.75. The fourth-order valence-corrected chi connectivity index (χ4v) is 3.68. The summed E-state index contributed by atoms with van der Waals surface area (Å²) >= 11 is 5.87. The fraction of sp³-hybridized carbons (Fsp3) is 0.417. The van der Waals surface area contributed by atoms with Crippen LogP contribution >= 0.6 is 11.6 Å². The molecule has 0 aliphatic carbocycles. The van der Waals surface area contributed by atoms with E-state index in [0.29, 0.717) is 23.7 Å². The van der Waals surface area contributed by atoms with Crippen LogP contribution in [0.2, 0.25) is 0 Å². The molecule has 30 heavy (non-hydrogen) atoms. The monoisotopic (exact) mass is 427 g/mol. The second-order valence-electron chi connectivity index (χ2n) is 8.00. The minimum Gasteiger partial charge on any atom is -0.371 e. The first-order chi connectivity index (χ1) is 14.4. The van der Waals surface area contributed by atoms with Crippen molar-refractivity contribution in [1.29, 1.82) is 0 Å². The summed E-state index contributed by atoms with van der Waals surface area (Å²) in [5, 5.41) is 5.18. The second-order valence-corrected chi connectivity index (χ2v) is 8.65. The van der Waals surface area contributed by atoms with Crippen molar-refractivity contribution in [2.45, 2.75) is 38.5 Å². The van der Waals surface area contributed by atoms with E-state index in [0.717, 1.165) is 38.0 Å². The van der Waals surface area contributed by atoms with Crippen molar-refractivity contribution >= 4 is 34.8 Å². The van der Waals surface area contributed by atoms with E-state index in [1.807, 2.05) is 30.3 Å². The molecule has 160 valence electrons. The molecule has 1 fully saturated rings. The van der Waals surface area contributed by atoms with E-state index in [9.17, 15) is 9.59 Å². The highest BCUT2D eigenvalue weighted by Crippen LogP contribution is 2.29. The Hall–Kier alpha value is -2.53. The van der Waals surface area contributed by atoms with Crippen LogP contribution in [0.4, 0.5) is 11.4 Å². The Balaban J connectivity index is 1.76. The second kappa shape index (κ2) is 10.5. The minimum atomic E-state index is -0.642. The Morgan fingerprint density at radius 1 is 1.13 bits per heavy atom. The number of rotatable bonds is 7. The van der Waals surface area contributed by atoms with Crippen LogP contribution in [0, 0.1) is 5.92 Å². The maximum Gasteiger partial charge on any atom is 0.253 e. The van der Waals surface area contributed by atoms with Crippen molar-refractivity contribution in [3.05, 3.63) is 59.7 Å². The van der Waals surface area contributed by atoms with Gasteiger partial charge in [-0.15, -0.1) is 11.6 Å². The van der Waals surface area contributed by atoms with E-state index < -0.39 is 5.38 Å². The third kappa shape index (κ3) is 5.99. The van der Waals surface area contributed by atoms with Crippen molar-refractivity contribution in [2.75, 3.05) is 29.9 Å². The summed E-state index contributed by atoms with van der Waals surface area (Å²) in [7, 11) is 0. The Morgan fingerprint density at radius 3 is 2.50 bits per heavy atom. The van der Waals surface area contributed by atoms with Crippen LogP contribution in [0.1, 0.15) is 42.6 Å². The zero-order valence-electron chi connectivity index (χ0n) is 17.7. The van der Waals surface area contributed by atoms with E-state index in [1.165, 1.54) is 5.56 Å². The highest BCUT2D eigenvalue weighted by Gasteiger charge is 2.22. The number of anilines is 2. The fourth-order valence-electron chi connectivity index (χ4n) is 3.62. The molecule has 2 aromatic rings. The number of hydrogen-bond acceptors (Lipinski definition) is 3. The molecule has 6 heteroatoms. The minimum absolute atomic E-state index is 0.130. The number of hydrogen-bond donors (Lipinski definition) is 2. The van der Waals surface area contributed by atoms with Crippen molar-refractivity contribution in [2.24, 2.45) is 5.92 Å². The lowest BCUT2D eigenvalue weighted by molar-refractivity contribution is -0.115. The van der Waals surface area contributed by atoms with Gasteiger partial charge in [0.1, 0.15) is 5.38 Å². The topological polar surface area (TPSA) is 61.4 Å². The highest BCUT2D eigenvalue weighted by atomic mass is 35.5. The smallest absolute Gasteiger partial charge is 0.253 e. The SMILES string of the molecule is CC1CCN(c2ccc(NC(=O)[C@@H](C)Cl)cc2C(=O)NCCc2ccccc2)CC1. The lowest BCUT2D eigenvalue weighted by Crippen LogP contribution is -2.35. The van der Waals surface area contributed by atoms with E-state index in [-0.39, 0.29) is 11.8 Å². The van der Waals surface area contributed by atoms with Crippen molar-refractivity contribution in [3.8, 4) is 0 Å². The summed E-state index contributed by atoms with van der Waals surface area (Å²) in [4.78, 5) is 27.3. The van der Waals surface area contributed by atoms with Crippen molar-refractivity contribution in [3.63, 3.8) is 0 Å². The molecule has 2 N–H and O–H groups in total. The molecule has 1 atom stereocenters. The average Bonchev–Trinajstić information content (AvgIpc) is 2.75. The van der Waals surface area contributed by atoms with Gasteiger partial charge in [-0.1, -0.05) is 37.3 Å². The first-order valence-corrected chi connectivity index (χ1v) is 11.0.